The van der Waals surface area contributed by atoms with Crippen molar-refractivity contribution in [3.63, 3.8) is 0 Å². The van der Waals surface area contributed by atoms with E-state index in [0.717, 1.165) is 32.2 Å². The molecular weight excluding hydrogens is 442 g/mol. The normalized spacial score (nSPS) is 27.2. The Morgan fingerprint density at radius 3 is 2.31 bits per heavy atom. The van der Waals surface area contributed by atoms with Gasteiger partial charge in [0.2, 0.25) is 11.8 Å². The predicted molar refractivity (Wildman–Crippen MR) is 135 cm³/mol. The van der Waals surface area contributed by atoms with Gasteiger partial charge >= 0.3 is 6.03 Å². The van der Waals surface area contributed by atoms with Gasteiger partial charge in [0.05, 0.1) is 17.5 Å². The Bertz CT molecular complexity index is 935. The maximum absolute atomic E-state index is 13.8. The van der Waals surface area contributed by atoms with E-state index in [9.17, 15) is 14.4 Å². The van der Waals surface area contributed by atoms with Gasteiger partial charge in [-0.05, 0) is 70.9 Å². The summed E-state index contributed by atoms with van der Waals surface area (Å²) in [5.41, 5.74) is 5.38. The average molecular weight is 484 g/mol. The van der Waals surface area contributed by atoms with Crippen molar-refractivity contribution in [3.8, 4) is 0 Å². The van der Waals surface area contributed by atoms with Crippen molar-refractivity contribution in [1.29, 1.82) is 0 Å². The first-order valence-electron chi connectivity index (χ1n) is 13.0. The van der Waals surface area contributed by atoms with Gasteiger partial charge in [-0.1, -0.05) is 36.8 Å². The summed E-state index contributed by atoms with van der Waals surface area (Å²) in [4.78, 5) is 41.6. The quantitative estimate of drug-likeness (QED) is 0.502. The average Bonchev–Trinajstić information content (AvgIpc) is 3.05. The summed E-state index contributed by atoms with van der Waals surface area (Å²) in [6.45, 7) is 5.20. The molecule has 1 aromatic rings. The molecule has 1 saturated heterocycles. The second kappa shape index (κ2) is 9.80. The molecule has 35 heavy (non-hydrogen) atoms. The highest BCUT2D eigenvalue weighted by Crippen LogP contribution is 2.48. The molecule has 1 heterocycles. The number of nitrogens with zero attached hydrogens (tertiary/aromatic N) is 2. The third-order valence-electron chi connectivity index (χ3n) is 8.69. The van der Waals surface area contributed by atoms with Crippen LogP contribution < -0.4 is 16.4 Å². The number of hydrogen-bond acceptors (Lipinski definition) is 4. The van der Waals surface area contributed by atoms with E-state index in [-0.39, 0.29) is 29.6 Å². The number of urea groups is 1. The first-order chi connectivity index (χ1) is 16.6. The largest absolute Gasteiger partial charge is 0.368 e. The van der Waals surface area contributed by atoms with E-state index in [1.165, 1.54) is 24.8 Å². The van der Waals surface area contributed by atoms with Crippen LogP contribution in [0.1, 0.15) is 64.4 Å². The molecule has 2 aliphatic carbocycles. The molecule has 4 N–H and O–H groups in total. The first kappa shape index (κ1) is 25.5. The van der Waals surface area contributed by atoms with Crippen LogP contribution in [0.25, 0.3) is 0 Å². The van der Waals surface area contributed by atoms with Crippen molar-refractivity contribution in [3.05, 3.63) is 35.9 Å². The van der Waals surface area contributed by atoms with Gasteiger partial charge in [0.25, 0.3) is 0 Å². The van der Waals surface area contributed by atoms with Crippen LogP contribution >= 0.6 is 0 Å². The summed E-state index contributed by atoms with van der Waals surface area (Å²) in [6.07, 6.45) is 7.37. The SMILES string of the molecule is CN[C@]1(c2ccccc2)CC[C@]2(CC1)CN(CC(C)(C)C(=O)NCC(N)=O)C(=O)N2CC1CCC1. The van der Waals surface area contributed by atoms with E-state index >= 15 is 0 Å². The zero-order chi connectivity index (χ0) is 25.3. The van der Waals surface area contributed by atoms with Crippen molar-refractivity contribution in [2.45, 2.75) is 69.9 Å². The fourth-order valence-corrected chi connectivity index (χ4v) is 6.18. The Kier molecular flexibility index (Phi) is 7.13. The molecule has 0 bridgehead atoms. The smallest absolute Gasteiger partial charge is 0.320 e. The molecule has 8 nitrogen and oxygen atoms in total. The van der Waals surface area contributed by atoms with E-state index < -0.39 is 11.3 Å². The lowest BCUT2D eigenvalue weighted by atomic mass is 9.68. The zero-order valence-electron chi connectivity index (χ0n) is 21.4. The number of nitrogens with two attached hydrogens (primary N) is 1. The van der Waals surface area contributed by atoms with Crippen molar-refractivity contribution in [2.24, 2.45) is 17.1 Å². The molecule has 192 valence electrons. The number of hydrogen-bond donors (Lipinski definition) is 3. The summed E-state index contributed by atoms with van der Waals surface area (Å²) < 4.78 is 0. The lowest BCUT2D eigenvalue weighted by Gasteiger charge is -2.49. The third-order valence-corrected chi connectivity index (χ3v) is 8.69. The van der Waals surface area contributed by atoms with Crippen LogP contribution in [-0.2, 0) is 15.1 Å². The van der Waals surface area contributed by atoms with Crippen molar-refractivity contribution < 1.29 is 14.4 Å². The number of benzene rings is 1. The van der Waals surface area contributed by atoms with Crippen LogP contribution in [0.15, 0.2) is 30.3 Å². The van der Waals surface area contributed by atoms with Crippen molar-refractivity contribution in [2.75, 3.05) is 33.2 Å². The van der Waals surface area contributed by atoms with Gasteiger partial charge in [-0.2, -0.15) is 0 Å². The summed E-state index contributed by atoms with van der Waals surface area (Å²) >= 11 is 0. The molecule has 2 saturated carbocycles. The zero-order valence-corrected chi connectivity index (χ0v) is 21.4. The topological polar surface area (TPSA) is 108 Å². The lowest BCUT2D eigenvalue weighted by molar-refractivity contribution is -0.131. The highest BCUT2D eigenvalue weighted by atomic mass is 16.2. The molecular formula is C27H41N5O3. The van der Waals surface area contributed by atoms with Crippen LogP contribution in [0.3, 0.4) is 0 Å². The Labute approximate surface area is 209 Å². The maximum Gasteiger partial charge on any atom is 0.320 e. The summed E-state index contributed by atoms with van der Waals surface area (Å²) in [6, 6.07) is 10.7. The van der Waals surface area contributed by atoms with E-state index in [1.807, 2.05) is 31.9 Å². The monoisotopic (exact) mass is 483 g/mol. The highest BCUT2D eigenvalue weighted by molar-refractivity contribution is 5.87. The molecule has 0 aromatic heterocycles. The number of rotatable bonds is 9. The fraction of sp³-hybridized carbons (Fsp3) is 0.667. The van der Waals surface area contributed by atoms with Crippen LogP contribution in [0.5, 0.6) is 0 Å². The van der Waals surface area contributed by atoms with Crippen molar-refractivity contribution >= 4 is 17.8 Å². The molecule has 4 amide bonds. The lowest BCUT2D eigenvalue weighted by Crippen LogP contribution is -2.56. The van der Waals surface area contributed by atoms with Crippen LogP contribution in [0.2, 0.25) is 0 Å². The number of carbonyl (C=O) groups is 3. The molecule has 3 fully saturated rings. The van der Waals surface area contributed by atoms with E-state index in [1.54, 1.807) is 0 Å². The van der Waals surface area contributed by atoms with Gasteiger partial charge in [-0.15, -0.1) is 0 Å². The molecule has 0 unspecified atom stereocenters. The number of carbonyl (C=O) groups excluding carboxylic acids is 3. The Morgan fingerprint density at radius 1 is 1.11 bits per heavy atom. The van der Waals surface area contributed by atoms with Gasteiger partial charge in [-0.25, -0.2) is 4.79 Å². The minimum atomic E-state index is -0.827. The molecule has 4 rings (SSSR count). The van der Waals surface area contributed by atoms with Gasteiger partial charge in [0.1, 0.15) is 0 Å². The van der Waals surface area contributed by atoms with Crippen LogP contribution in [-0.4, -0.2) is 66.4 Å². The second-order valence-electron chi connectivity index (χ2n) is 11.5. The number of nitrogens with one attached hydrogen (secondary N) is 2. The second-order valence-corrected chi connectivity index (χ2v) is 11.5. The molecule has 1 aliphatic heterocycles. The van der Waals surface area contributed by atoms with Gasteiger partial charge in [-0.3, -0.25) is 9.59 Å². The summed E-state index contributed by atoms with van der Waals surface area (Å²) in [5, 5.41) is 6.22. The molecule has 0 atom stereocenters. The maximum atomic E-state index is 13.8. The van der Waals surface area contributed by atoms with Crippen LogP contribution in [0, 0.1) is 11.3 Å². The molecule has 3 aliphatic rings. The first-order valence-corrected chi connectivity index (χ1v) is 13.0. The standard InChI is InChI=1S/C27H41N5O3/c1-25(2,23(34)30-16-22(28)33)18-31-19-26(32(24(31)35)17-20-8-7-9-20)12-14-27(29-3,15-13-26)21-10-5-4-6-11-21/h4-6,10-11,20,29H,7-9,12-19H2,1-3H3,(H2,28,33)(H,30,34)/t26-,27+. The Morgan fingerprint density at radius 2 is 1.77 bits per heavy atom. The van der Waals surface area contributed by atoms with Crippen LogP contribution in [0.4, 0.5) is 4.79 Å². The Balaban J connectivity index is 1.52. The van der Waals surface area contributed by atoms with Crippen molar-refractivity contribution in [1.82, 2.24) is 20.4 Å². The molecule has 0 radical (unpaired) electrons. The van der Waals surface area contributed by atoms with Gasteiger partial charge < -0.3 is 26.2 Å². The predicted octanol–water partition coefficient (Wildman–Crippen LogP) is 2.58. The van der Waals surface area contributed by atoms with E-state index in [2.05, 4.69) is 39.8 Å². The highest BCUT2D eigenvalue weighted by Gasteiger charge is 2.55. The summed E-state index contributed by atoms with van der Waals surface area (Å²) in [7, 11) is 2.04. The third kappa shape index (κ3) is 5.03. The van der Waals surface area contributed by atoms with E-state index in [0.29, 0.717) is 19.0 Å². The van der Waals surface area contributed by atoms with Gasteiger partial charge in [0, 0.05) is 25.2 Å². The number of amides is 4. The molecule has 1 aromatic carbocycles. The fourth-order valence-electron chi connectivity index (χ4n) is 6.18. The number of primary amides is 1. The minimum absolute atomic E-state index is 0.0457. The molecule has 8 heteroatoms. The summed E-state index contributed by atoms with van der Waals surface area (Å²) in [5.74, 6) is -0.268. The minimum Gasteiger partial charge on any atom is -0.368 e. The van der Waals surface area contributed by atoms with Gasteiger partial charge in [0.15, 0.2) is 0 Å². The Hall–Kier alpha value is -2.61. The molecule has 1 spiro atoms. The van der Waals surface area contributed by atoms with E-state index in [4.69, 9.17) is 5.73 Å².